The van der Waals surface area contributed by atoms with Gasteiger partial charge in [-0.3, -0.25) is 9.78 Å². The summed E-state index contributed by atoms with van der Waals surface area (Å²) in [5.74, 6) is -0.410. The molecule has 218 valence electrons. The molecule has 0 amide bonds. The number of hydrogen-bond acceptors (Lipinski definition) is 5. The number of aryl methyl sites for hydroxylation is 1. The number of aromatic nitrogens is 2. The Morgan fingerprint density at radius 3 is 2.16 bits per heavy atom. The van der Waals surface area contributed by atoms with E-state index in [9.17, 15) is 28.2 Å². The van der Waals surface area contributed by atoms with Gasteiger partial charge in [0.05, 0.1) is 22.2 Å². The first-order chi connectivity index (χ1) is 20.6. The fourth-order valence-corrected chi connectivity index (χ4v) is 5.43. The Hall–Kier alpha value is -4.76. The number of rotatable bonds is 8. The van der Waals surface area contributed by atoms with E-state index in [1.165, 1.54) is 18.5 Å². The standard InChI is InChI=1S/C34H27F3N2O4/c1-2-28-29(30(40)25-16-24(18-38-19-25)23-4-3-5-27(17-23)34(35,36)37)31(43-39-28)22-8-6-20(7-9-22)21-10-12-26(13-11-21)33(14-15-33)32(41)42/h3-13,16-19,30,40H,2,14-15H2,1H3,(H,41,42). The van der Waals surface area contributed by atoms with E-state index in [2.05, 4.69) is 10.1 Å². The van der Waals surface area contributed by atoms with Gasteiger partial charge in [-0.1, -0.05) is 72.7 Å². The molecule has 3 aromatic carbocycles. The molecule has 6 nitrogen and oxygen atoms in total. The van der Waals surface area contributed by atoms with Crippen molar-refractivity contribution in [2.24, 2.45) is 0 Å². The van der Waals surface area contributed by atoms with Crippen LogP contribution in [0.3, 0.4) is 0 Å². The first kappa shape index (κ1) is 28.4. The van der Waals surface area contributed by atoms with Crippen LogP contribution in [0, 0.1) is 0 Å². The van der Waals surface area contributed by atoms with E-state index < -0.39 is 29.2 Å². The SMILES string of the molecule is CCc1noc(-c2ccc(-c3ccc(C4(C(=O)O)CC4)cc3)cc2)c1C(O)c1cncc(-c2cccc(C(F)(F)F)c2)c1. The molecule has 0 bridgehead atoms. The number of aliphatic hydroxyl groups excluding tert-OH is 1. The minimum atomic E-state index is -4.48. The van der Waals surface area contributed by atoms with Crippen molar-refractivity contribution in [1.82, 2.24) is 10.1 Å². The molecule has 5 aromatic rings. The highest BCUT2D eigenvalue weighted by Crippen LogP contribution is 2.48. The second-order valence-electron chi connectivity index (χ2n) is 10.8. The maximum absolute atomic E-state index is 13.3. The Morgan fingerprint density at radius 2 is 1.56 bits per heavy atom. The molecule has 1 fully saturated rings. The van der Waals surface area contributed by atoms with Crippen molar-refractivity contribution < 1.29 is 32.7 Å². The Balaban J connectivity index is 1.29. The number of carboxylic acids is 1. The van der Waals surface area contributed by atoms with Gasteiger partial charge in [0.2, 0.25) is 0 Å². The number of alkyl halides is 3. The van der Waals surface area contributed by atoms with E-state index in [0.29, 0.717) is 58.5 Å². The van der Waals surface area contributed by atoms with E-state index in [1.807, 2.05) is 55.5 Å². The molecule has 0 aliphatic heterocycles. The zero-order valence-electron chi connectivity index (χ0n) is 23.1. The molecule has 1 saturated carbocycles. The fraction of sp³-hybridized carbons (Fsp3) is 0.206. The van der Waals surface area contributed by atoms with Gasteiger partial charge in [0.1, 0.15) is 6.10 Å². The van der Waals surface area contributed by atoms with E-state index in [-0.39, 0.29) is 0 Å². The van der Waals surface area contributed by atoms with E-state index in [0.717, 1.165) is 28.8 Å². The predicted molar refractivity (Wildman–Crippen MR) is 154 cm³/mol. The highest BCUT2D eigenvalue weighted by molar-refractivity contribution is 5.85. The summed E-state index contributed by atoms with van der Waals surface area (Å²) in [4.78, 5) is 15.9. The maximum atomic E-state index is 13.3. The smallest absolute Gasteiger partial charge is 0.416 e. The molecule has 43 heavy (non-hydrogen) atoms. The predicted octanol–water partition coefficient (Wildman–Crippen LogP) is 7.85. The molecule has 1 aliphatic carbocycles. The number of hydrogen-bond donors (Lipinski definition) is 2. The van der Waals surface area contributed by atoms with Gasteiger partial charge >= 0.3 is 12.1 Å². The minimum absolute atomic E-state index is 0.330. The van der Waals surface area contributed by atoms with Gasteiger partial charge in [-0.2, -0.15) is 13.2 Å². The summed E-state index contributed by atoms with van der Waals surface area (Å²) in [6.45, 7) is 1.89. The average molecular weight is 585 g/mol. The topological polar surface area (TPSA) is 96.5 Å². The van der Waals surface area contributed by atoms with Crippen LogP contribution in [0.1, 0.15) is 53.8 Å². The Labute approximate surface area is 245 Å². The third-order valence-corrected chi connectivity index (χ3v) is 8.09. The number of nitrogens with zero attached hydrogens (tertiary/aromatic N) is 2. The van der Waals surface area contributed by atoms with E-state index in [1.54, 1.807) is 12.1 Å². The van der Waals surface area contributed by atoms with E-state index >= 15 is 0 Å². The highest BCUT2D eigenvalue weighted by atomic mass is 19.4. The molecule has 1 atom stereocenters. The second-order valence-corrected chi connectivity index (χ2v) is 10.8. The third kappa shape index (κ3) is 5.32. The quantitative estimate of drug-likeness (QED) is 0.193. The van der Waals surface area contributed by atoms with Crippen molar-refractivity contribution in [2.75, 3.05) is 0 Å². The lowest BCUT2D eigenvalue weighted by Crippen LogP contribution is -2.19. The maximum Gasteiger partial charge on any atom is 0.416 e. The second kappa shape index (κ2) is 10.8. The van der Waals surface area contributed by atoms with Crippen molar-refractivity contribution in [3.63, 3.8) is 0 Å². The van der Waals surface area contributed by atoms with Crippen LogP contribution in [0.15, 0.2) is 95.8 Å². The van der Waals surface area contributed by atoms with Crippen LogP contribution in [0.25, 0.3) is 33.6 Å². The number of aliphatic hydroxyl groups is 1. The molecule has 0 saturated heterocycles. The number of carboxylic acid groups (broad SMARTS) is 1. The van der Waals surface area contributed by atoms with Crippen molar-refractivity contribution in [3.8, 4) is 33.6 Å². The zero-order chi connectivity index (χ0) is 30.4. The molecule has 2 heterocycles. The van der Waals surface area contributed by atoms with Crippen LogP contribution >= 0.6 is 0 Å². The van der Waals surface area contributed by atoms with Crippen LogP contribution in [-0.4, -0.2) is 26.3 Å². The van der Waals surface area contributed by atoms with Crippen molar-refractivity contribution in [1.29, 1.82) is 0 Å². The summed E-state index contributed by atoms with van der Waals surface area (Å²) < 4.78 is 45.5. The molecule has 1 aliphatic rings. The van der Waals surface area contributed by atoms with Crippen molar-refractivity contribution in [3.05, 3.63) is 119 Å². The minimum Gasteiger partial charge on any atom is -0.481 e. The van der Waals surface area contributed by atoms with Gasteiger partial charge in [0.15, 0.2) is 5.76 Å². The number of benzene rings is 3. The fourth-order valence-electron chi connectivity index (χ4n) is 5.43. The van der Waals surface area contributed by atoms with Gasteiger partial charge in [0.25, 0.3) is 0 Å². The summed E-state index contributed by atoms with van der Waals surface area (Å²) >= 11 is 0. The van der Waals surface area contributed by atoms with Crippen LogP contribution in [0.4, 0.5) is 13.2 Å². The summed E-state index contributed by atoms with van der Waals surface area (Å²) in [5, 5.41) is 25.2. The van der Waals surface area contributed by atoms with Gasteiger partial charge in [-0.05, 0) is 59.7 Å². The van der Waals surface area contributed by atoms with Crippen LogP contribution in [0.5, 0.6) is 0 Å². The lowest BCUT2D eigenvalue weighted by Gasteiger charge is -2.14. The normalized spacial score (nSPS) is 14.8. The molecule has 9 heteroatoms. The number of pyridine rings is 1. The molecular formula is C34H27F3N2O4. The first-order valence-electron chi connectivity index (χ1n) is 13.8. The highest BCUT2D eigenvalue weighted by Gasteiger charge is 2.51. The summed E-state index contributed by atoms with van der Waals surface area (Å²) in [6, 6.07) is 21.7. The first-order valence-corrected chi connectivity index (χ1v) is 13.8. The lowest BCUT2D eigenvalue weighted by atomic mass is 9.93. The Kier molecular flexibility index (Phi) is 7.14. The summed E-state index contributed by atoms with van der Waals surface area (Å²) in [5.41, 5.74) is 3.99. The summed E-state index contributed by atoms with van der Waals surface area (Å²) in [7, 11) is 0. The van der Waals surface area contributed by atoms with Gasteiger partial charge in [-0.15, -0.1) is 0 Å². The van der Waals surface area contributed by atoms with Crippen molar-refractivity contribution in [2.45, 2.75) is 43.9 Å². The monoisotopic (exact) mass is 584 g/mol. The Bertz CT molecular complexity index is 1790. The van der Waals surface area contributed by atoms with Crippen molar-refractivity contribution >= 4 is 5.97 Å². The molecule has 0 spiro atoms. The Morgan fingerprint density at radius 1 is 0.907 bits per heavy atom. The molecule has 6 rings (SSSR count). The largest absolute Gasteiger partial charge is 0.481 e. The third-order valence-electron chi connectivity index (χ3n) is 8.09. The van der Waals surface area contributed by atoms with Crippen LogP contribution in [0.2, 0.25) is 0 Å². The van der Waals surface area contributed by atoms with Crippen LogP contribution < -0.4 is 0 Å². The van der Waals surface area contributed by atoms with E-state index in [4.69, 9.17) is 4.52 Å². The van der Waals surface area contributed by atoms with Gasteiger partial charge in [0, 0.05) is 29.1 Å². The zero-order valence-corrected chi connectivity index (χ0v) is 23.1. The molecule has 0 radical (unpaired) electrons. The number of aliphatic carboxylic acids is 1. The lowest BCUT2D eigenvalue weighted by molar-refractivity contribution is -0.140. The number of halogens is 3. The molecule has 2 aromatic heterocycles. The van der Waals surface area contributed by atoms with Crippen LogP contribution in [-0.2, 0) is 22.8 Å². The molecular weight excluding hydrogens is 557 g/mol. The molecule has 2 N–H and O–H groups in total. The number of carbonyl (C=O) groups is 1. The summed E-state index contributed by atoms with van der Waals surface area (Å²) in [6.07, 6.45) is -0.962. The van der Waals surface area contributed by atoms with Gasteiger partial charge in [-0.25, -0.2) is 0 Å². The average Bonchev–Trinajstić information content (AvgIpc) is 3.74. The van der Waals surface area contributed by atoms with Gasteiger partial charge < -0.3 is 14.7 Å². The molecule has 1 unspecified atom stereocenters.